The quantitative estimate of drug-likeness (QED) is 0.191. The van der Waals surface area contributed by atoms with Crippen LogP contribution in [-0.2, 0) is 20.9 Å². The molecule has 1 saturated carbocycles. The van der Waals surface area contributed by atoms with Gasteiger partial charge < -0.3 is 35.8 Å². The Bertz CT molecular complexity index is 1500. The van der Waals surface area contributed by atoms with Crippen LogP contribution in [0, 0.1) is 0 Å². The number of nitrogens with two attached hydrogens (primary N) is 1. The number of para-hydroxylation sites is 1. The molecule has 1 aliphatic heterocycles. The largest absolute Gasteiger partial charge is 0.463 e. The highest BCUT2D eigenvalue weighted by atomic mass is 32.1. The van der Waals surface area contributed by atoms with Gasteiger partial charge in [-0.3, -0.25) is 14.4 Å². The molecule has 2 aromatic carbocycles. The van der Waals surface area contributed by atoms with E-state index >= 15 is 0 Å². The Labute approximate surface area is 251 Å². The predicted octanol–water partition coefficient (Wildman–Crippen LogP) is 3.12. The maximum Gasteiger partial charge on any atom is 0.433 e. The summed E-state index contributed by atoms with van der Waals surface area (Å²) in [5.74, 6) is -0.0546. The van der Waals surface area contributed by atoms with Gasteiger partial charge in [0.15, 0.2) is 0 Å². The number of thiophene rings is 1. The zero-order valence-corrected chi connectivity index (χ0v) is 23.9. The van der Waals surface area contributed by atoms with Crippen LogP contribution in [0.3, 0.4) is 0 Å². The summed E-state index contributed by atoms with van der Waals surface area (Å²) in [4.78, 5) is 55.4. The second-order valence-electron chi connectivity index (χ2n) is 10.2. The molecular weight excluding hydrogens is 574 g/mol. The maximum absolute atomic E-state index is 13.2. The first-order chi connectivity index (χ1) is 20.7. The second-order valence-corrected chi connectivity index (χ2v) is 11.2. The van der Waals surface area contributed by atoms with E-state index in [1.807, 2.05) is 30.3 Å². The SMILES string of the molecule is NC(=NC(=O)O)c1csc(CNC(=O)[C@@H]2C[C@@H](OC3CC3)CN2C(=O)CNC(=O)c2ccc(Oc3ccccc3)cc2)c1. The molecular formula is C30H31N5O7S. The lowest BCUT2D eigenvalue weighted by molar-refractivity contribution is -0.137. The molecule has 0 spiro atoms. The number of nitrogens with one attached hydrogen (secondary N) is 2. The van der Waals surface area contributed by atoms with E-state index in [1.165, 1.54) is 16.2 Å². The molecule has 13 heteroatoms. The van der Waals surface area contributed by atoms with Gasteiger partial charge in [0.1, 0.15) is 23.4 Å². The number of ether oxygens (including phenoxy) is 2. The number of nitrogens with zero attached hydrogens (tertiary/aromatic N) is 2. The van der Waals surface area contributed by atoms with E-state index in [9.17, 15) is 19.2 Å². The summed E-state index contributed by atoms with van der Waals surface area (Å²) in [5.41, 5.74) is 6.50. The summed E-state index contributed by atoms with van der Waals surface area (Å²) in [7, 11) is 0. The summed E-state index contributed by atoms with van der Waals surface area (Å²) in [5, 5.41) is 15.9. The summed E-state index contributed by atoms with van der Waals surface area (Å²) < 4.78 is 11.8. The Morgan fingerprint density at radius 3 is 2.40 bits per heavy atom. The summed E-state index contributed by atoms with van der Waals surface area (Å²) >= 11 is 1.30. The first-order valence-electron chi connectivity index (χ1n) is 13.7. The number of carboxylic acid groups (broad SMARTS) is 1. The standard InChI is InChI=1S/C30H31N5O7S/c31-27(34-30(39)40)19-12-24(43-17-19)14-32-29(38)25-13-23(42-22-10-11-22)16-35(25)26(36)15-33-28(37)18-6-8-21(9-7-18)41-20-4-2-1-3-5-20/h1-9,12,17,22-23,25H,10-11,13-16H2,(H2,31,34)(H,32,38)(H,33,37)(H,39,40)/t23-,25+/m1/s1. The second kappa shape index (κ2) is 13.5. The number of rotatable bonds is 11. The number of likely N-dealkylation sites (tertiary alicyclic amines) is 1. The minimum atomic E-state index is -1.39. The van der Waals surface area contributed by atoms with E-state index in [1.54, 1.807) is 35.7 Å². The van der Waals surface area contributed by atoms with Gasteiger partial charge in [0.2, 0.25) is 11.8 Å². The van der Waals surface area contributed by atoms with Crippen LogP contribution in [0.1, 0.15) is 40.1 Å². The number of carbonyl (C=O) groups excluding carboxylic acids is 3. The van der Waals surface area contributed by atoms with E-state index in [-0.39, 0.29) is 43.6 Å². The maximum atomic E-state index is 13.2. The molecule has 2 heterocycles. The molecule has 2 atom stereocenters. The number of aliphatic imine (C=N–C) groups is 1. The van der Waals surface area contributed by atoms with Gasteiger partial charge in [-0.1, -0.05) is 18.2 Å². The monoisotopic (exact) mass is 605 g/mol. The molecule has 0 radical (unpaired) electrons. The lowest BCUT2D eigenvalue weighted by Crippen LogP contribution is -2.48. The highest BCUT2D eigenvalue weighted by molar-refractivity contribution is 7.10. The number of amides is 4. The van der Waals surface area contributed by atoms with Crippen molar-refractivity contribution in [1.82, 2.24) is 15.5 Å². The van der Waals surface area contributed by atoms with Gasteiger partial charge in [0.05, 0.1) is 25.3 Å². The Kier molecular flexibility index (Phi) is 9.32. The van der Waals surface area contributed by atoms with E-state index in [0.29, 0.717) is 29.0 Å². The highest BCUT2D eigenvalue weighted by Gasteiger charge is 2.42. The highest BCUT2D eigenvalue weighted by Crippen LogP contribution is 2.30. The van der Waals surface area contributed by atoms with Crippen molar-refractivity contribution in [3.63, 3.8) is 0 Å². The summed E-state index contributed by atoms with van der Waals surface area (Å²) in [6.45, 7) is 0.134. The third-order valence-electron chi connectivity index (χ3n) is 6.89. The van der Waals surface area contributed by atoms with Crippen LogP contribution >= 0.6 is 11.3 Å². The average Bonchev–Trinajstić information content (AvgIpc) is 3.50. The number of hydrogen-bond donors (Lipinski definition) is 4. The van der Waals surface area contributed by atoms with Crippen molar-refractivity contribution in [2.45, 2.75) is 44.1 Å². The molecule has 1 aromatic heterocycles. The first kappa shape index (κ1) is 29.7. The van der Waals surface area contributed by atoms with Crippen molar-refractivity contribution in [1.29, 1.82) is 0 Å². The smallest absolute Gasteiger partial charge is 0.433 e. The van der Waals surface area contributed by atoms with Crippen molar-refractivity contribution in [2.75, 3.05) is 13.1 Å². The third kappa shape index (κ3) is 8.17. The number of amidine groups is 1. The zero-order valence-electron chi connectivity index (χ0n) is 23.1. The molecule has 4 amide bonds. The van der Waals surface area contributed by atoms with Gasteiger partial charge in [-0.15, -0.1) is 11.3 Å². The predicted molar refractivity (Wildman–Crippen MR) is 158 cm³/mol. The van der Waals surface area contributed by atoms with Crippen molar-refractivity contribution in [2.24, 2.45) is 10.7 Å². The number of carbonyl (C=O) groups is 4. The van der Waals surface area contributed by atoms with Crippen LogP contribution < -0.4 is 21.1 Å². The Morgan fingerprint density at radius 2 is 1.70 bits per heavy atom. The minimum absolute atomic E-state index is 0.132. The van der Waals surface area contributed by atoms with Crippen molar-refractivity contribution in [3.8, 4) is 11.5 Å². The van der Waals surface area contributed by atoms with E-state index < -0.39 is 23.9 Å². The molecule has 224 valence electrons. The van der Waals surface area contributed by atoms with Crippen LogP contribution in [0.2, 0.25) is 0 Å². The number of hydrogen-bond acceptors (Lipinski definition) is 7. The van der Waals surface area contributed by atoms with E-state index in [4.69, 9.17) is 20.3 Å². The molecule has 43 heavy (non-hydrogen) atoms. The molecule has 0 bridgehead atoms. The Hall–Kier alpha value is -4.75. The molecule has 3 aromatic rings. The molecule has 1 saturated heterocycles. The fourth-order valence-electron chi connectivity index (χ4n) is 4.62. The molecule has 5 rings (SSSR count). The fraction of sp³-hybridized carbons (Fsp3) is 0.300. The first-order valence-corrected chi connectivity index (χ1v) is 14.6. The van der Waals surface area contributed by atoms with Gasteiger partial charge >= 0.3 is 6.09 Å². The zero-order chi connectivity index (χ0) is 30.3. The lowest BCUT2D eigenvalue weighted by Gasteiger charge is -2.24. The van der Waals surface area contributed by atoms with E-state index in [0.717, 1.165) is 17.7 Å². The molecule has 2 aliphatic rings. The topological polar surface area (TPSA) is 173 Å². The minimum Gasteiger partial charge on any atom is -0.463 e. The molecule has 0 unspecified atom stereocenters. The summed E-state index contributed by atoms with van der Waals surface area (Å²) in [6.07, 6.45) is 0.748. The molecule has 1 aliphatic carbocycles. The van der Waals surface area contributed by atoms with Crippen molar-refractivity contribution >= 4 is 41.0 Å². The normalized spacial score (nSPS) is 18.2. The fourth-order valence-corrected chi connectivity index (χ4v) is 5.44. The van der Waals surface area contributed by atoms with Gasteiger partial charge in [-0.05, 0) is 55.3 Å². The Balaban J connectivity index is 1.16. The van der Waals surface area contributed by atoms with Gasteiger partial charge in [0.25, 0.3) is 5.91 Å². The summed E-state index contributed by atoms with van der Waals surface area (Å²) in [6, 6.07) is 16.7. The van der Waals surface area contributed by atoms with Gasteiger partial charge in [0, 0.05) is 34.3 Å². The molecule has 5 N–H and O–H groups in total. The molecule has 12 nitrogen and oxygen atoms in total. The van der Waals surface area contributed by atoms with Crippen LogP contribution in [0.5, 0.6) is 11.5 Å². The average molecular weight is 606 g/mol. The third-order valence-corrected chi connectivity index (χ3v) is 7.83. The van der Waals surface area contributed by atoms with Crippen LogP contribution in [0.4, 0.5) is 4.79 Å². The Morgan fingerprint density at radius 1 is 0.977 bits per heavy atom. The number of benzene rings is 2. The molecule has 2 fully saturated rings. The van der Waals surface area contributed by atoms with Crippen LogP contribution in [-0.4, -0.2) is 71.0 Å². The van der Waals surface area contributed by atoms with Crippen molar-refractivity contribution in [3.05, 3.63) is 82.0 Å². The van der Waals surface area contributed by atoms with Crippen LogP contribution in [0.25, 0.3) is 0 Å². The van der Waals surface area contributed by atoms with E-state index in [2.05, 4.69) is 15.6 Å². The van der Waals surface area contributed by atoms with Gasteiger partial charge in [-0.25, -0.2) is 4.79 Å². The van der Waals surface area contributed by atoms with Crippen molar-refractivity contribution < 1.29 is 33.8 Å². The lowest BCUT2D eigenvalue weighted by atomic mass is 10.1. The van der Waals surface area contributed by atoms with Gasteiger partial charge in [-0.2, -0.15) is 4.99 Å². The van der Waals surface area contributed by atoms with Crippen LogP contribution in [0.15, 0.2) is 71.0 Å².